The van der Waals surface area contributed by atoms with Crippen LogP contribution >= 0.6 is 0 Å². The summed E-state index contributed by atoms with van der Waals surface area (Å²) >= 11 is 0. The van der Waals surface area contributed by atoms with Gasteiger partial charge in [-0.2, -0.15) is 13.2 Å². The highest BCUT2D eigenvalue weighted by Gasteiger charge is 2.44. The number of alkyl halides is 3. The molecule has 172 valence electrons. The molecule has 0 unspecified atom stereocenters. The summed E-state index contributed by atoms with van der Waals surface area (Å²) in [6.45, 7) is 2.56. The molecular formula is C20H22F3N5O4. The number of pyridine rings is 1. The van der Waals surface area contributed by atoms with Gasteiger partial charge in [-0.3, -0.25) is 9.78 Å². The number of carbonyl (C=O) groups excluding carboxylic acids is 1. The van der Waals surface area contributed by atoms with Crippen molar-refractivity contribution in [3.63, 3.8) is 0 Å². The van der Waals surface area contributed by atoms with E-state index in [2.05, 4.69) is 25.2 Å². The van der Waals surface area contributed by atoms with Crippen molar-refractivity contribution in [2.45, 2.75) is 25.2 Å². The summed E-state index contributed by atoms with van der Waals surface area (Å²) in [5.74, 6) is -1.91. The minimum absolute atomic E-state index is 0.0602. The number of fused-ring (bicyclic) bond motifs is 1. The molecule has 2 aliphatic heterocycles. The van der Waals surface area contributed by atoms with Crippen LogP contribution in [-0.4, -0.2) is 63.9 Å². The molecule has 2 aliphatic rings. The van der Waals surface area contributed by atoms with Crippen molar-refractivity contribution in [3.8, 4) is 0 Å². The largest absolute Gasteiger partial charge is 0.490 e. The molecule has 0 aromatic carbocycles. The Morgan fingerprint density at radius 2 is 1.91 bits per heavy atom. The van der Waals surface area contributed by atoms with E-state index in [0.29, 0.717) is 25.6 Å². The summed E-state index contributed by atoms with van der Waals surface area (Å²) in [7, 11) is 0. The molecule has 12 heteroatoms. The third-order valence-corrected chi connectivity index (χ3v) is 5.20. The number of ether oxygens (including phenoxy) is 1. The first kappa shape index (κ1) is 23.4. The first-order valence-corrected chi connectivity index (χ1v) is 9.86. The van der Waals surface area contributed by atoms with Crippen molar-refractivity contribution < 1.29 is 32.6 Å². The molecule has 2 N–H and O–H groups in total. The third kappa shape index (κ3) is 6.13. The van der Waals surface area contributed by atoms with Crippen molar-refractivity contribution in [3.05, 3.63) is 48.5 Å². The molecule has 2 saturated heterocycles. The zero-order valence-corrected chi connectivity index (χ0v) is 16.9. The van der Waals surface area contributed by atoms with Gasteiger partial charge in [-0.25, -0.2) is 14.8 Å². The Kier molecular flexibility index (Phi) is 7.57. The first-order chi connectivity index (χ1) is 15.3. The predicted octanol–water partition coefficient (Wildman–Crippen LogP) is 1.66. The van der Waals surface area contributed by atoms with E-state index in [9.17, 15) is 18.0 Å². The van der Waals surface area contributed by atoms with E-state index in [0.717, 1.165) is 18.5 Å². The van der Waals surface area contributed by atoms with Gasteiger partial charge in [0, 0.05) is 56.9 Å². The molecule has 0 radical (unpaired) electrons. The van der Waals surface area contributed by atoms with Crippen molar-refractivity contribution in [2.75, 3.05) is 24.6 Å². The van der Waals surface area contributed by atoms with Crippen molar-refractivity contribution in [1.82, 2.24) is 20.3 Å². The molecule has 3 atom stereocenters. The molecule has 4 heterocycles. The van der Waals surface area contributed by atoms with Gasteiger partial charge in [0.25, 0.3) is 0 Å². The Labute approximate surface area is 181 Å². The van der Waals surface area contributed by atoms with Crippen LogP contribution in [-0.2, 0) is 20.9 Å². The summed E-state index contributed by atoms with van der Waals surface area (Å²) in [6, 6.07) is 5.62. The first-order valence-electron chi connectivity index (χ1n) is 9.86. The number of anilines is 1. The average Bonchev–Trinajstić information content (AvgIpc) is 3.26. The van der Waals surface area contributed by atoms with Crippen molar-refractivity contribution >= 4 is 17.8 Å². The molecule has 2 aromatic rings. The van der Waals surface area contributed by atoms with E-state index in [-0.39, 0.29) is 23.8 Å². The fourth-order valence-electron chi connectivity index (χ4n) is 3.70. The van der Waals surface area contributed by atoms with Gasteiger partial charge in [0.05, 0.1) is 12.0 Å². The fourth-order valence-corrected chi connectivity index (χ4v) is 3.70. The lowest BCUT2D eigenvalue weighted by atomic mass is 9.82. The van der Waals surface area contributed by atoms with Gasteiger partial charge in [0.15, 0.2) is 0 Å². The van der Waals surface area contributed by atoms with Gasteiger partial charge in [-0.15, -0.1) is 0 Å². The number of carboxylic acid groups (broad SMARTS) is 1. The maximum Gasteiger partial charge on any atom is 0.490 e. The van der Waals surface area contributed by atoms with Crippen LogP contribution in [0.15, 0.2) is 43.0 Å². The lowest BCUT2D eigenvalue weighted by molar-refractivity contribution is -0.192. The van der Waals surface area contributed by atoms with Crippen LogP contribution in [0.25, 0.3) is 0 Å². The fraction of sp³-hybridized carbons (Fsp3) is 0.450. The Morgan fingerprint density at radius 1 is 1.19 bits per heavy atom. The molecule has 4 rings (SSSR count). The summed E-state index contributed by atoms with van der Waals surface area (Å²) in [6.07, 6.45) is 2.85. The third-order valence-electron chi connectivity index (χ3n) is 5.20. The van der Waals surface area contributed by atoms with Crippen LogP contribution in [0.3, 0.4) is 0 Å². The van der Waals surface area contributed by atoms with E-state index < -0.39 is 12.1 Å². The van der Waals surface area contributed by atoms with E-state index in [1.807, 2.05) is 12.1 Å². The number of amides is 1. The van der Waals surface area contributed by atoms with Gasteiger partial charge >= 0.3 is 12.1 Å². The highest BCUT2D eigenvalue weighted by Crippen LogP contribution is 2.34. The SMILES string of the molecule is O=C(NCc1cccnc1)[C@H]1CN(c2ncccn2)C[C@H]2OCC[C@@H]12.O=C(O)C(F)(F)F. The van der Waals surface area contributed by atoms with Crippen LogP contribution in [0.4, 0.5) is 19.1 Å². The molecule has 9 nitrogen and oxygen atoms in total. The topological polar surface area (TPSA) is 118 Å². The van der Waals surface area contributed by atoms with Gasteiger partial charge in [0.2, 0.25) is 11.9 Å². The van der Waals surface area contributed by atoms with Crippen LogP contribution in [0.2, 0.25) is 0 Å². The predicted molar refractivity (Wildman–Crippen MR) is 105 cm³/mol. The number of nitrogens with zero attached hydrogens (tertiary/aromatic N) is 4. The second-order valence-corrected chi connectivity index (χ2v) is 7.30. The van der Waals surface area contributed by atoms with Gasteiger partial charge in [-0.05, 0) is 24.1 Å². The minimum atomic E-state index is -5.08. The lowest BCUT2D eigenvalue weighted by Gasteiger charge is -2.39. The number of hydrogen-bond acceptors (Lipinski definition) is 7. The molecule has 0 saturated carbocycles. The maximum absolute atomic E-state index is 12.8. The Hall–Kier alpha value is -3.28. The Balaban J connectivity index is 0.000000360. The molecule has 0 spiro atoms. The van der Waals surface area contributed by atoms with Crippen LogP contribution in [0.1, 0.15) is 12.0 Å². The van der Waals surface area contributed by atoms with Crippen LogP contribution in [0.5, 0.6) is 0 Å². The number of carboxylic acids is 1. The van der Waals surface area contributed by atoms with E-state index in [1.54, 1.807) is 30.9 Å². The second-order valence-electron chi connectivity index (χ2n) is 7.30. The standard InChI is InChI=1S/C18H21N5O2.C2HF3O2/c24-17(22-10-13-3-1-5-19-9-13)15-11-23(18-20-6-2-7-21-18)12-16-14(15)4-8-25-16;3-2(4,5)1(6)7/h1-3,5-7,9,14-16H,4,8,10-12H2,(H,22,24);(H,6,7)/t14-,15-,16+;/m0./s1. The average molecular weight is 453 g/mol. The van der Waals surface area contributed by atoms with Crippen molar-refractivity contribution in [2.24, 2.45) is 11.8 Å². The number of aromatic nitrogens is 3. The zero-order chi connectivity index (χ0) is 23.1. The smallest absolute Gasteiger partial charge is 0.475 e. The number of carbonyl (C=O) groups is 2. The molecular weight excluding hydrogens is 431 g/mol. The number of aliphatic carboxylic acids is 1. The summed E-state index contributed by atoms with van der Waals surface area (Å²) in [5.41, 5.74) is 0.995. The molecule has 0 bridgehead atoms. The van der Waals surface area contributed by atoms with Crippen molar-refractivity contribution in [1.29, 1.82) is 0 Å². The molecule has 2 fully saturated rings. The number of nitrogens with one attached hydrogen (secondary N) is 1. The van der Waals surface area contributed by atoms with E-state index in [4.69, 9.17) is 14.6 Å². The monoisotopic (exact) mass is 453 g/mol. The second kappa shape index (κ2) is 10.4. The molecule has 32 heavy (non-hydrogen) atoms. The van der Waals surface area contributed by atoms with Gasteiger partial charge in [-0.1, -0.05) is 6.07 Å². The van der Waals surface area contributed by atoms with Crippen LogP contribution < -0.4 is 10.2 Å². The molecule has 2 aromatic heterocycles. The lowest BCUT2D eigenvalue weighted by Crippen LogP contribution is -2.53. The molecule has 1 amide bonds. The van der Waals surface area contributed by atoms with Gasteiger partial charge < -0.3 is 20.1 Å². The quantitative estimate of drug-likeness (QED) is 0.718. The van der Waals surface area contributed by atoms with E-state index >= 15 is 0 Å². The summed E-state index contributed by atoms with van der Waals surface area (Å²) < 4.78 is 37.6. The zero-order valence-electron chi connectivity index (χ0n) is 16.9. The summed E-state index contributed by atoms with van der Waals surface area (Å²) in [4.78, 5) is 36.5. The minimum Gasteiger partial charge on any atom is -0.475 e. The maximum atomic E-state index is 12.8. The highest BCUT2D eigenvalue weighted by atomic mass is 19.4. The Morgan fingerprint density at radius 3 is 2.53 bits per heavy atom. The normalized spacial score (nSPS) is 22.3. The number of halogens is 3. The number of rotatable bonds is 4. The number of hydrogen-bond donors (Lipinski definition) is 2. The van der Waals surface area contributed by atoms with Gasteiger partial charge in [0.1, 0.15) is 0 Å². The Bertz CT molecular complexity index is 901. The highest BCUT2D eigenvalue weighted by molar-refractivity contribution is 5.80. The number of piperidine rings is 1. The summed E-state index contributed by atoms with van der Waals surface area (Å²) in [5, 5.41) is 10.2. The van der Waals surface area contributed by atoms with Crippen LogP contribution in [0, 0.1) is 11.8 Å². The molecule has 0 aliphatic carbocycles. The van der Waals surface area contributed by atoms with E-state index in [1.165, 1.54) is 0 Å².